The van der Waals surface area contributed by atoms with Crippen LogP contribution in [0.1, 0.15) is 18.5 Å². The molecule has 7 heteroatoms. The highest BCUT2D eigenvalue weighted by atomic mass is 32.2. The van der Waals surface area contributed by atoms with Crippen LogP contribution in [-0.4, -0.2) is 13.4 Å². The van der Waals surface area contributed by atoms with Gasteiger partial charge < -0.3 is 5.73 Å². The molecule has 3 N–H and O–H groups in total. The first-order chi connectivity index (χ1) is 9.42. The second-order valence-electron chi connectivity index (χ2n) is 4.26. The number of pyridine rings is 1. The fourth-order valence-corrected chi connectivity index (χ4v) is 3.09. The molecule has 0 bridgehead atoms. The van der Waals surface area contributed by atoms with E-state index in [1.165, 1.54) is 36.5 Å². The van der Waals surface area contributed by atoms with Crippen molar-refractivity contribution in [1.29, 1.82) is 0 Å². The van der Waals surface area contributed by atoms with Crippen LogP contribution in [0.5, 0.6) is 0 Å². The molecular weight excluding hydrogens is 281 g/mol. The van der Waals surface area contributed by atoms with E-state index in [9.17, 15) is 12.8 Å². The monoisotopic (exact) mass is 295 g/mol. The van der Waals surface area contributed by atoms with E-state index in [1.54, 1.807) is 13.0 Å². The van der Waals surface area contributed by atoms with Crippen molar-refractivity contribution in [3.63, 3.8) is 0 Å². The number of halogens is 1. The van der Waals surface area contributed by atoms with Gasteiger partial charge in [0, 0.05) is 17.8 Å². The molecule has 1 heterocycles. The lowest BCUT2D eigenvalue weighted by atomic mass is 10.1. The maximum Gasteiger partial charge on any atom is 0.260 e. The van der Waals surface area contributed by atoms with Gasteiger partial charge >= 0.3 is 0 Å². The summed E-state index contributed by atoms with van der Waals surface area (Å²) in [5.41, 5.74) is 5.89. The number of anilines is 1. The van der Waals surface area contributed by atoms with Crippen LogP contribution < -0.4 is 10.5 Å². The van der Waals surface area contributed by atoms with Crippen molar-refractivity contribution in [1.82, 2.24) is 9.71 Å². The van der Waals surface area contributed by atoms with Crippen molar-refractivity contribution in [2.24, 2.45) is 0 Å². The summed E-state index contributed by atoms with van der Waals surface area (Å²) in [5, 5.41) is -0.261. The fourth-order valence-electron chi connectivity index (χ4n) is 1.81. The van der Waals surface area contributed by atoms with Crippen molar-refractivity contribution in [2.45, 2.75) is 18.0 Å². The van der Waals surface area contributed by atoms with Crippen LogP contribution in [0.25, 0.3) is 0 Å². The lowest BCUT2D eigenvalue weighted by molar-refractivity contribution is 0.548. The minimum absolute atomic E-state index is 0.0423. The smallest absolute Gasteiger partial charge is 0.260 e. The Morgan fingerprint density at radius 1 is 1.25 bits per heavy atom. The van der Waals surface area contributed by atoms with E-state index in [0.717, 1.165) is 0 Å². The zero-order valence-electron chi connectivity index (χ0n) is 10.7. The van der Waals surface area contributed by atoms with E-state index in [1.807, 2.05) is 0 Å². The largest absolute Gasteiger partial charge is 0.396 e. The first-order valence-electron chi connectivity index (χ1n) is 5.89. The second-order valence-corrected chi connectivity index (χ2v) is 5.89. The first kappa shape index (κ1) is 14.4. The van der Waals surface area contributed by atoms with Crippen molar-refractivity contribution in [3.05, 3.63) is 54.0 Å². The Morgan fingerprint density at radius 3 is 2.60 bits per heavy atom. The quantitative estimate of drug-likeness (QED) is 0.901. The Kier molecular flexibility index (Phi) is 4.01. The summed E-state index contributed by atoms with van der Waals surface area (Å²) in [6.45, 7) is 1.55. The molecule has 0 amide bonds. The van der Waals surface area contributed by atoms with Crippen LogP contribution in [0, 0.1) is 5.82 Å². The molecule has 1 unspecified atom stereocenters. The van der Waals surface area contributed by atoms with E-state index in [0.29, 0.717) is 0 Å². The minimum Gasteiger partial charge on any atom is -0.396 e. The van der Waals surface area contributed by atoms with Crippen molar-refractivity contribution in [3.8, 4) is 0 Å². The van der Waals surface area contributed by atoms with Crippen molar-refractivity contribution in [2.75, 3.05) is 5.73 Å². The third-order valence-electron chi connectivity index (χ3n) is 2.76. The molecule has 0 saturated carbocycles. The summed E-state index contributed by atoms with van der Waals surface area (Å²) in [6.07, 6.45) is 1.33. The van der Waals surface area contributed by atoms with Gasteiger partial charge in [-0.1, -0.05) is 18.2 Å². The predicted octanol–water partition coefficient (Wildman–Crippen LogP) is 1.84. The van der Waals surface area contributed by atoms with Crippen LogP contribution in [0.15, 0.2) is 47.6 Å². The SMILES string of the molecule is CC(NS(=O)(=O)c1ncccc1N)c1ccccc1F. The number of rotatable bonds is 4. The Morgan fingerprint density at radius 2 is 1.95 bits per heavy atom. The van der Waals surface area contributed by atoms with Gasteiger partial charge in [0.15, 0.2) is 5.03 Å². The van der Waals surface area contributed by atoms with Gasteiger partial charge in [-0.25, -0.2) is 22.5 Å². The first-order valence-corrected chi connectivity index (χ1v) is 7.37. The lowest BCUT2D eigenvalue weighted by Crippen LogP contribution is -2.28. The van der Waals surface area contributed by atoms with Crippen LogP contribution >= 0.6 is 0 Å². The molecule has 106 valence electrons. The summed E-state index contributed by atoms with van der Waals surface area (Å²) in [6, 6.07) is 8.21. The lowest BCUT2D eigenvalue weighted by Gasteiger charge is -2.15. The molecule has 0 fully saturated rings. The van der Waals surface area contributed by atoms with Crippen molar-refractivity contribution < 1.29 is 12.8 Å². The normalized spacial score (nSPS) is 13.1. The third kappa shape index (κ3) is 2.94. The van der Waals surface area contributed by atoms with Gasteiger partial charge in [-0.2, -0.15) is 0 Å². The van der Waals surface area contributed by atoms with E-state index >= 15 is 0 Å². The number of hydrogen-bond acceptors (Lipinski definition) is 4. The topological polar surface area (TPSA) is 85.1 Å². The number of sulfonamides is 1. The van der Waals surface area contributed by atoms with Gasteiger partial charge in [0.1, 0.15) is 5.82 Å². The number of benzene rings is 1. The molecule has 0 aliphatic heterocycles. The molecule has 0 saturated heterocycles. The van der Waals surface area contributed by atoms with Crippen LogP contribution in [0.4, 0.5) is 10.1 Å². The molecule has 0 radical (unpaired) electrons. The number of hydrogen-bond donors (Lipinski definition) is 2. The maximum atomic E-state index is 13.6. The number of aromatic nitrogens is 1. The molecular formula is C13H14FN3O2S. The predicted molar refractivity (Wildman–Crippen MR) is 73.8 cm³/mol. The molecule has 20 heavy (non-hydrogen) atoms. The Bertz CT molecular complexity index is 719. The van der Waals surface area contributed by atoms with Crippen LogP contribution in [-0.2, 0) is 10.0 Å². The molecule has 2 aromatic rings. The molecule has 1 aromatic heterocycles. The standard InChI is InChI=1S/C13H14FN3O2S/c1-9(10-5-2-3-6-11(10)14)17-20(18,19)13-12(15)7-4-8-16-13/h2-9,17H,15H2,1H3. The average molecular weight is 295 g/mol. The Hall–Kier alpha value is -1.99. The molecule has 0 aliphatic carbocycles. The molecule has 0 aliphatic rings. The highest BCUT2D eigenvalue weighted by molar-refractivity contribution is 7.89. The highest BCUT2D eigenvalue weighted by Gasteiger charge is 2.23. The summed E-state index contributed by atoms with van der Waals surface area (Å²) < 4.78 is 40.3. The van der Waals surface area contributed by atoms with Gasteiger partial charge in [0.2, 0.25) is 0 Å². The summed E-state index contributed by atoms with van der Waals surface area (Å²) in [7, 11) is -3.91. The van der Waals surface area contributed by atoms with Gasteiger partial charge in [0.05, 0.1) is 5.69 Å². The summed E-state index contributed by atoms with van der Waals surface area (Å²) >= 11 is 0. The highest BCUT2D eigenvalue weighted by Crippen LogP contribution is 2.20. The molecule has 0 spiro atoms. The number of nitrogens with one attached hydrogen (secondary N) is 1. The second kappa shape index (κ2) is 5.56. The zero-order valence-corrected chi connectivity index (χ0v) is 11.6. The van der Waals surface area contributed by atoms with Crippen LogP contribution in [0.3, 0.4) is 0 Å². The zero-order chi connectivity index (χ0) is 14.8. The Balaban J connectivity index is 2.30. The molecule has 1 atom stereocenters. The molecule has 1 aromatic carbocycles. The molecule has 2 rings (SSSR count). The minimum atomic E-state index is -3.91. The Labute approximate surface area is 116 Å². The van der Waals surface area contributed by atoms with E-state index in [2.05, 4.69) is 9.71 Å². The van der Waals surface area contributed by atoms with E-state index < -0.39 is 21.9 Å². The average Bonchev–Trinajstić information content (AvgIpc) is 2.38. The third-order valence-corrected chi connectivity index (χ3v) is 4.27. The molecule has 5 nitrogen and oxygen atoms in total. The number of nitrogen functional groups attached to an aromatic ring is 1. The van der Waals surface area contributed by atoms with Gasteiger partial charge in [0.25, 0.3) is 10.0 Å². The fraction of sp³-hybridized carbons (Fsp3) is 0.154. The maximum absolute atomic E-state index is 13.6. The summed E-state index contributed by atoms with van der Waals surface area (Å²) in [4.78, 5) is 3.75. The van der Waals surface area contributed by atoms with Gasteiger partial charge in [-0.15, -0.1) is 0 Å². The van der Waals surface area contributed by atoms with E-state index in [4.69, 9.17) is 5.73 Å². The summed E-state index contributed by atoms with van der Waals surface area (Å²) in [5.74, 6) is -0.475. The van der Waals surface area contributed by atoms with Gasteiger partial charge in [-0.3, -0.25) is 0 Å². The van der Waals surface area contributed by atoms with Gasteiger partial charge in [-0.05, 0) is 25.1 Å². The number of nitrogens with zero attached hydrogens (tertiary/aromatic N) is 1. The van der Waals surface area contributed by atoms with Crippen LogP contribution in [0.2, 0.25) is 0 Å². The van der Waals surface area contributed by atoms with Crippen molar-refractivity contribution >= 4 is 15.7 Å². The van der Waals surface area contributed by atoms with E-state index in [-0.39, 0.29) is 16.3 Å². The number of nitrogens with two attached hydrogens (primary N) is 1.